The number of fused-ring (bicyclic) bond motifs is 2. The Morgan fingerprint density at radius 2 is 1.76 bits per heavy atom. The number of carbonyl (C=O) groups is 2. The number of aromatic nitrogens is 3. The Bertz CT molecular complexity index is 1380. The maximum Gasteiger partial charge on any atom is 0.327 e. The molecule has 0 spiro atoms. The number of ether oxygens (including phenoxy) is 1. The third-order valence-corrected chi connectivity index (χ3v) is 7.09. The number of nitrogens with one attached hydrogen (secondary N) is 1. The minimum atomic E-state index is -0.520. The largest absolute Gasteiger partial charge is 0.460 e. The van der Waals surface area contributed by atoms with Gasteiger partial charge in [0.25, 0.3) is 0 Å². The topological polar surface area (TPSA) is 92.1 Å². The molecule has 0 saturated heterocycles. The first-order valence-electron chi connectivity index (χ1n) is 17.1. The molecule has 2 amide bonds. The molecule has 0 aliphatic carbocycles. The molecule has 1 N–H and O–H groups in total. The molecule has 258 valence electrons. The molecule has 3 aromatic heterocycles. The molecule has 46 heavy (non-hydrogen) atoms. The van der Waals surface area contributed by atoms with Crippen LogP contribution in [0.25, 0.3) is 5.65 Å². The van der Waals surface area contributed by atoms with Gasteiger partial charge in [0.2, 0.25) is 0 Å². The molecule has 0 radical (unpaired) electrons. The molecule has 2 atom stereocenters. The van der Waals surface area contributed by atoms with Crippen LogP contribution >= 0.6 is 0 Å². The number of amides is 2. The molecule has 9 nitrogen and oxygen atoms in total. The van der Waals surface area contributed by atoms with Crippen molar-refractivity contribution < 1.29 is 18.7 Å². The van der Waals surface area contributed by atoms with E-state index in [2.05, 4.69) is 34.0 Å². The van der Waals surface area contributed by atoms with Crippen molar-refractivity contribution in [1.82, 2.24) is 14.4 Å². The number of pyridine rings is 2. The summed E-state index contributed by atoms with van der Waals surface area (Å²) in [6.07, 6.45) is 7.39. The van der Waals surface area contributed by atoms with Crippen molar-refractivity contribution in [3.63, 3.8) is 0 Å². The number of anilines is 3. The van der Waals surface area contributed by atoms with Crippen molar-refractivity contribution in [1.29, 1.82) is 0 Å². The summed E-state index contributed by atoms with van der Waals surface area (Å²) >= 11 is 0. The second kappa shape index (κ2) is 19.1. The van der Waals surface area contributed by atoms with Crippen LogP contribution in [0, 0.1) is 18.7 Å². The van der Waals surface area contributed by atoms with E-state index in [-0.39, 0.29) is 29.5 Å². The average Bonchev–Trinajstić information content (AvgIpc) is 3.58. The average molecular weight is 643 g/mol. The van der Waals surface area contributed by atoms with Gasteiger partial charge in [-0.05, 0) is 53.0 Å². The lowest BCUT2D eigenvalue weighted by atomic mass is 9.99. The maximum atomic E-state index is 14.6. The zero-order chi connectivity index (χ0) is 35.2. The lowest BCUT2D eigenvalue weighted by Gasteiger charge is -2.29. The van der Waals surface area contributed by atoms with Crippen LogP contribution in [0.3, 0.4) is 0 Å². The van der Waals surface area contributed by atoms with Gasteiger partial charge in [-0.2, -0.15) is 0 Å². The minimum absolute atomic E-state index is 0.0483. The molecule has 10 heteroatoms. The number of carbonyl (C=O) groups excluding carboxylic acids is 2. The number of halogens is 1. The molecule has 0 aromatic carbocycles. The first-order valence-corrected chi connectivity index (χ1v) is 17.1. The summed E-state index contributed by atoms with van der Waals surface area (Å²) < 4.78 is 21.8. The van der Waals surface area contributed by atoms with Crippen molar-refractivity contribution in [3.05, 3.63) is 47.8 Å². The summed E-state index contributed by atoms with van der Waals surface area (Å²) in [6, 6.07) is 2.90. The van der Waals surface area contributed by atoms with E-state index >= 15 is 0 Å². The Kier molecular flexibility index (Phi) is 16.7. The van der Waals surface area contributed by atoms with Crippen LogP contribution in [0.1, 0.15) is 120 Å². The number of hydrogen-bond acceptors (Lipinski definition) is 6. The van der Waals surface area contributed by atoms with Crippen LogP contribution in [0.4, 0.5) is 26.4 Å². The number of aryl methyl sites for hydroxylation is 1. The van der Waals surface area contributed by atoms with Gasteiger partial charge >= 0.3 is 12.0 Å². The van der Waals surface area contributed by atoms with E-state index in [9.17, 15) is 14.0 Å². The van der Waals surface area contributed by atoms with Crippen LogP contribution in [0.15, 0.2) is 30.7 Å². The maximum absolute atomic E-state index is 14.6. The molecular weight excluding hydrogens is 583 g/mol. The highest BCUT2D eigenvalue weighted by Gasteiger charge is 2.35. The summed E-state index contributed by atoms with van der Waals surface area (Å²) in [7, 11) is 0. The number of imidazole rings is 1. The molecule has 0 fully saturated rings. The second-order valence-electron chi connectivity index (χ2n) is 11.6. The van der Waals surface area contributed by atoms with Crippen molar-refractivity contribution in [3.8, 4) is 0 Å². The third-order valence-electron chi connectivity index (χ3n) is 7.09. The smallest absolute Gasteiger partial charge is 0.327 e. The highest BCUT2D eigenvalue weighted by Crippen LogP contribution is 2.41. The summed E-state index contributed by atoms with van der Waals surface area (Å²) in [6.45, 7) is 27.6. The third kappa shape index (κ3) is 10.4. The van der Waals surface area contributed by atoms with Gasteiger partial charge in [-0.1, -0.05) is 62.3 Å². The van der Waals surface area contributed by atoms with Crippen LogP contribution in [-0.4, -0.2) is 51.6 Å². The zero-order valence-corrected chi connectivity index (χ0v) is 30.6. The van der Waals surface area contributed by atoms with E-state index in [4.69, 9.17) is 4.74 Å². The summed E-state index contributed by atoms with van der Waals surface area (Å²) in [5.41, 5.74) is 2.75. The van der Waals surface area contributed by atoms with Crippen LogP contribution in [0.5, 0.6) is 0 Å². The summed E-state index contributed by atoms with van der Waals surface area (Å²) in [4.78, 5) is 38.8. The number of nitrogens with zero attached hydrogens (tertiary/aromatic N) is 5. The lowest BCUT2D eigenvalue weighted by Crippen LogP contribution is -2.34. The Balaban J connectivity index is 0.00000166. The van der Waals surface area contributed by atoms with E-state index in [1.165, 1.54) is 6.07 Å². The molecule has 2 unspecified atom stereocenters. The molecule has 4 rings (SSSR count). The van der Waals surface area contributed by atoms with Crippen LogP contribution in [0.2, 0.25) is 0 Å². The fourth-order valence-electron chi connectivity index (χ4n) is 5.29. The van der Waals surface area contributed by atoms with Gasteiger partial charge in [0.1, 0.15) is 11.4 Å². The van der Waals surface area contributed by atoms with E-state index in [0.717, 1.165) is 24.2 Å². The standard InChI is InChI=1S/C30H41FN6O3.3C2H6/c1-8-13-35(14-11-21(9-2)28(38)40-30(5,6)7)24-10-12-32-27-25(24)19(3)16-37(27)29(39)34-22-15-23(31)26-33-20(4)17-36(26)18-22;3*1-2/h10,12,15,17-19,21H,8-9,11,13-14,16H2,1-7H3,(H,34,39);3*1-2H3. The fourth-order valence-corrected chi connectivity index (χ4v) is 5.29. The number of urea groups is 1. The highest BCUT2D eigenvalue weighted by molar-refractivity contribution is 6.03. The van der Waals surface area contributed by atoms with Crippen LogP contribution < -0.4 is 15.1 Å². The number of esters is 1. The Morgan fingerprint density at radius 1 is 1.11 bits per heavy atom. The molecule has 4 heterocycles. The van der Waals surface area contributed by atoms with E-state index in [1.54, 1.807) is 34.8 Å². The van der Waals surface area contributed by atoms with Gasteiger partial charge in [-0.3, -0.25) is 9.69 Å². The number of hydrogen-bond donors (Lipinski definition) is 1. The van der Waals surface area contributed by atoms with Gasteiger partial charge < -0.3 is 19.4 Å². The molecule has 0 bridgehead atoms. The van der Waals surface area contributed by atoms with Crippen molar-refractivity contribution in [2.24, 2.45) is 5.92 Å². The van der Waals surface area contributed by atoms with Gasteiger partial charge in [0.15, 0.2) is 11.5 Å². The zero-order valence-electron chi connectivity index (χ0n) is 30.6. The monoisotopic (exact) mass is 642 g/mol. The van der Waals surface area contributed by atoms with Gasteiger partial charge in [-0.15, -0.1) is 0 Å². The van der Waals surface area contributed by atoms with Gasteiger partial charge in [0, 0.05) is 61.5 Å². The van der Waals surface area contributed by atoms with Crippen molar-refractivity contribution in [2.45, 2.75) is 121 Å². The quantitative estimate of drug-likeness (QED) is 0.234. The van der Waals surface area contributed by atoms with Gasteiger partial charge in [-0.25, -0.2) is 19.2 Å². The SMILES string of the molecule is CC.CC.CC.CCCN(CCC(CC)C(=O)OC(C)(C)C)c1ccnc2c1C(C)CN2C(=O)Nc1cc(F)c2nc(C)cn2c1. The molecular formula is C36H59FN6O3. The van der Waals surface area contributed by atoms with E-state index in [0.29, 0.717) is 43.1 Å². The molecule has 1 aliphatic rings. The fraction of sp³-hybridized carbons (Fsp3) is 0.611. The van der Waals surface area contributed by atoms with E-state index < -0.39 is 11.4 Å². The molecule has 1 aliphatic heterocycles. The van der Waals surface area contributed by atoms with E-state index in [1.807, 2.05) is 75.3 Å². The Hall–Kier alpha value is -3.69. The molecule has 0 saturated carbocycles. The second-order valence-corrected chi connectivity index (χ2v) is 11.6. The lowest BCUT2D eigenvalue weighted by molar-refractivity contribution is -0.160. The number of rotatable bonds is 9. The Morgan fingerprint density at radius 3 is 2.35 bits per heavy atom. The minimum Gasteiger partial charge on any atom is -0.460 e. The summed E-state index contributed by atoms with van der Waals surface area (Å²) in [5, 5.41) is 2.83. The van der Waals surface area contributed by atoms with Crippen molar-refractivity contribution in [2.75, 3.05) is 34.8 Å². The predicted octanol–water partition coefficient (Wildman–Crippen LogP) is 9.39. The highest BCUT2D eigenvalue weighted by atomic mass is 19.1. The Labute approximate surface area is 276 Å². The predicted molar refractivity (Wildman–Crippen MR) is 190 cm³/mol. The first-order chi connectivity index (χ1) is 21.9. The van der Waals surface area contributed by atoms with Crippen molar-refractivity contribution >= 4 is 34.8 Å². The molecule has 3 aromatic rings. The normalized spacial score (nSPS) is 14.0. The van der Waals surface area contributed by atoms with Crippen LogP contribution in [-0.2, 0) is 9.53 Å². The summed E-state index contributed by atoms with van der Waals surface area (Å²) in [5.74, 6) is -0.211. The van der Waals surface area contributed by atoms with Gasteiger partial charge in [0.05, 0.1) is 17.3 Å². The first kappa shape index (κ1) is 40.3.